The van der Waals surface area contributed by atoms with E-state index >= 15 is 0 Å². The summed E-state index contributed by atoms with van der Waals surface area (Å²) < 4.78 is 1.78. The van der Waals surface area contributed by atoms with E-state index in [1.54, 1.807) is 10.6 Å². The molecular weight excluding hydrogens is 280 g/mol. The molecule has 0 unspecified atom stereocenters. The molecule has 0 aromatic carbocycles. The third-order valence-electron chi connectivity index (χ3n) is 4.36. The van der Waals surface area contributed by atoms with Gasteiger partial charge in [0.15, 0.2) is 0 Å². The topological polar surface area (TPSA) is 62.5 Å². The second-order valence-electron chi connectivity index (χ2n) is 6.08. The largest absolute Gasteiger partial charge is 0.312 e. The number of carbonyl (C=O) groups is 1. The Bertz CT molecular complexity index is 590. The molecule has 0 saturated heterocycles. The van der Waals surface area contributed by atoms with Gasteiger partial charge in [-0.25, -0.2) is 5.06 Å². The zero-order chi connectivity index (χ0) is 16.1. The van der Waals surface area contributed by atoms with Gasteiger partial charge in [-0.2, -0.15) is 0 Å². The average Bonchev–Trinajstić information content (AvgIpc) is 2.47. The minimum Gasteiger partial charge on any atom is -0.312 e. The highest BCUT2D eigenvalue weighted by atomic mass is 16.5. The average molecular weight is 306 g/mol. The monoisotopic (exact) mass is 306 g/mol. The molecule has 0 atom stereocenters. The van der Waals surface area contributed by atoms with Crippen LogP contribution in [-0.2, 0) is 19.4 Å². The van der Waals surface area contributed by atoms with Crippen molar-refractivity contribution in [2.45, 2.75) is 64.8 Å². The Morgan fingerprint density at radius 2 is 1.95 bits per heavy atom. The number of hydrogen-bond acceptors (Lipinski definition) is 3. The second kappa shape index (κ2) is 7.58. The fourth-order valence-electron chi connectivity index (χ4n) is 3.11. The Morgan fingerprint density at radius 3 is 2.59 bits per heavy atom. The van der Waals surface area contributed by atoms with Gasteiger partial charge in [0.2, 0.25) is 0 Å². The molecule has 1 aliphatic carbocycles. The van der Waals surface area contributed by atoms with Crippen molar-refractivity contribution in [1.82, 2.24) is 9.63 Å². The van der Waals surface area contributed by atoms with Crippen LogP contribution in [0.25, 0.3) is 0 Å². The van der Waals surface area contributed by atoms with E-state index in [9.17, 15) is 14.8 Å². The Balaban J connectivity index is 2.55. The molecule has 122 valence electrons. The first kappa shape index (κ1) is 16.7. The lowest BCUT2D eigenvalue weighted by Crippen LogP contribution is -2.35. The van der Waals surface area contributed by atoms with Gasteiger partial charge in [-0.05, 0) is 43.7 Å². The predicted octanol–water partition coefficient (Wildman–Crippen LogP) is 2.77. The van der Waals surface area contributed by atoms with Gasteiger partial charge in [0.05, 0.1) is 0 Å². The molecule has 1 heterocycles. The van der Waals surface area contributed by atoms with Gasteiger partial charge in [-0.3, -0.25) is 14.8 Å². The van der Waals surface area contributed by atoms with E-state index in [1.807, 2.05) is 0 Å². The molecule has 5 nitrogen and oxygen atoms in total. The lowest BCUT2D eigenvalue weighted by Gasteiger charge is -2.21. The fourth-order valence-corrected chi connectivity index (χ4v) is 3.11. The molecule has 0 spiro atoms. The van der Waals surface area contributed by atoms with Gasteiger partial charge in [0.1, 0.15) is 5.56 Å². The first-order valence-electron chi connectivity index (χ1n) is 8.28. The van der Waals surface area contributed by atoms with Gasteiger partial charge < -0.3 is 4.57 Å². The van der Waals surface area contributed by atoms with E-state index in [0.29, 0.717) is 11.6 Å². The lowest BCUT2D eigenvalue weighted by atomic mass is 9.95. The number of pyridine rings is 1. The van der Waals surface area contributed by atoms with Crippen LogP contribution in [0.15, 0.2) is 10.9 Å². The molecule has 2 rings (SSSR count). The predicted molar refractivity (Wildman–Crippen MR) is 85.4 cm³/mol. The summed E-state index contributed by atoms with van der Waals surface area (Å²) in [7, 11) is 1.26. The summed E-state index contributed by atoms with van der Waals surface area (Å²) >= 11 is 0. The van der Waals surface area contributed by atoms with Crippen LogP contribution in [0.3, 0.4) is 0 Å². The van der Waals surface area contributed by atoms with Gasteiger partial charge in [0, 0.05) is 19.3 Å². The Kier molecular flexibility index (Phi) is 5.77. The third-order valence-corrected chi connectivity index (χ3v) is 4.36. The van der Waals surface area contributed by atoms with E-state index in [2.05, 4.69) is 6.92 Å². The Hall–Kier alpha value is -1.62. The normalized spacial score (nSPS) is 14.9. The molecule has 22 heavy (non-hydrogen) atoms. The molecule has 1 aliphatic rings. The highest BCUT2D eigenvalue weighted by Crippen LogP contribution is 2.21. The van der Waals surface area contributed by atoms with Crippen LogP contribution in [-0.4, -0.2) is 27.8 Å². The molecule has 0 fully saturated rings. The van der Waals surface area contributed by atoms with E-state index < -0.39 is 5.91 Å². The van der Waals surface area contributed by atoms with Crippen molar-refractivity contribution < 1.29 is 10.0 Å². The summed E-state index contributed by atoms with van der Waals surface area (Å²) in [6.07, 6.45) is 8.28. The number of fused-ring (bicyclic) bond motifs is 1. The number of unbranched alkanes of at least 4 members (excludes halogenated alkanes) is 1. The van der Waals surface area contributed by atoms with Crippen LogP contribution in [0.4, 0.5) is 0 Å². The van der Waals surface area contributed by atoms with Crippen molar-refractivity contribution in [3.05, 3.63) is 33.2 Å². The molecule has 0 radical (unpaired) electrons. The van der Waals surface area contributed by atoms with Crippen molar-refractivity contribution in [2.75, 3.05) is 7.05 Å². The van der Waals surface area contributed by atoms with Gasteiger partial charge in [0.25, 0.3) is 11.5 Å². The van der Waals surface area contributed by atoms with Crippen LogP contribution in [0.1, 0.15) is 67.1 Å². The van der Waals surface area contributed by atoms with Crippen LogP contribution < -0.4 is 5.56 Å². The maximum absolute atomic E-state index is 12.7. The van der Waals surface area contributed by atoms with Crippen molar-refractivity contribution >= 4 is 5.91 Å². The standard InChI is InChI=1S/C17H26N2O3/c1-3-4-11-19-15-10-8-6-5-7-9-13(15)12-14(17(19)21)16(20)18(2)22/h12,22H,3-11H2,1-2H3. The highest BCUT2D eigenvalue weighted by Gasteiger charge is 2.21. The minimum atomic E-state index is -0.625. The summed E-state index contributed by atoms with van der Waals surface area (Å²) in [5.41, 5.74) is 2.01. The Labute approximate surface area is 131 Å². The smallest absolute Gasteiger partial charge is 0.282 e. The van der Waals surface area contributed by atoms with E-state index in [1.165, 1.54) is 19.9 Å². The van der Waals surface area contributed by atoms with E-state index in [0.717, 1.165) is 49.8 Å². The van der Waals surface area contributed by atoms with E-state index in [-0.39, 0.29) is 11.1 Å². The molecule has 0 bridgehead atoms. The first-order valence-corrected chi connectivity index (χ1v) is 8.28. The maximum Gasteiger partial charge on any atom is 0.282 e. The lowest BCUT2D eigenvalue weighted by molar-refractivity contribution is -0.0376. The van der Waals surface area contributed by atoms with Crippen molar-refractivity contribution in [1.29, 1.82) is 0 Å². The number of rotatable bonds is 4. The molecule has 1 aromatic heterocycles. The quantitative estimate of drug-likeness (QED) is 0.687. The number of amides is 1. The molecule has 5 heteroatoms. The van der Waals surface area contributed by atoms with Gasteiger partial charge in [-0.15, -0.1) is 0 Å². The van der Waals surface area contributed by atoms with Crippen molar-refractivity contribution in [3.8, 4) is 0 Å². The molecule has 0 aliphatic heterocycles. The van der Waals surface area contributed by atoms with Crippen LogP contribution in [0.5, 0.6) is 0 Å². The maximum atomic E-state index is 12.7. The van der Waals surface area contributed by atoms with Gasteiger partial charge >= 0.3 is 0 Å². The second-order valence-corrected chi connectivity index (χ2v) is 6.08. The van der Waals surface area contributed by atoms with Crippen molar-refractivity contribution in [2.24, 2.45) is 0 Å². The fraction of sp³-hybridized carbons (Fsp3) is 0.647. The molecule has 1 amide bonds. The molecule has 0 saturated carbocycles. The first-order chi connectivity index (χ1) is 10.6. The number of carbonyl (C=O) groups excluding carboxylic acids is 1. The number of aryl methyl sites for hydroxylation is 1. The summed E-state index contributed by atoms with van der Waals surface area (Å²) in [5.74, 6) is -0.625. The number of hydrogen-bond donors (Lipinski definition) is 1. The number of nitrogens with zero attached hydrogens (tertiary/aromatic N) is 2. The summed E-state index contributed by atoms with van der Waals surface area (Å²) in [4.78, 5) is 24.8. The van der Waals surface area contributed by atoms with Crippen LogP contribution in [0, 0.1) is 0 Å². The zero-order valence-corrected chi connectivity index (χ0v) is 13.6. The SMILES string of the molecule is CCCCn1c2c(cc(C(=O)N(C)O)c1=O)CCCCCC2. The van der Waals surface area contributed by atoms with Gasteiger partial charge in [-0.1, -0.05) is 26.2 Å². The van der Waals surface area contributed by atoms with Crippen LogP contribution in [0.2, 0.25) is 0 Å². The summed E-state index contributed by atoms with van der Waals surface area (Å²) in [5, 5.41) is 9.90. The number of hydroxylamine groups is 2. The molecule has 1 N–H and O–H groups in total. The van der Waals surface area contributed by atoms with Crippen LogP contribution >= 0.6 is 0 Å². The number of aromatic nitrogens is 1. The summed E-state index contributed by atoms with van der Waals surface area (Å²) in [6.45, 7) is 2.74. The third kappa shape index (κ3) is 3.58. The van der Waals surface area contributed by atoms with E-state index in [4.69, 9.17) is 0 Å². The van der Waals surface area contributed by atoms with Crippen molar-refractivity contribution in [3.63, 3.8) is 0 Å². The Morgan fingerprint density at radius 1 is 1.27 bits per heavy atom. The molecular formula is C17H26N2O3. The minimum absolute atomic E-state index is 0.0837. The zero-order valence-electron chi connectivity index (χ0n) is 13.6. The highest BCUT2D eigenvalue weighted by molar-refractivity contribution is 5.93. The molecule has 1 aromatic rings. The summed E-state index contributed by atoms with van der Waals surface area (Å²) in [6, 6.07) is 1.71.